The summed E-state index contributed by atoms with van der Waals surface area (Å²) in [5, 5.41) is 0.0683. The van der Waals surface area contributed by atoms with Gasteiger partial charge in [0.05, 0.1) is 23.8 Å². The van der Waals surface area contributed by atoms with E-state index >= 15 is 0 Å². The van der Waals surface area contributed by atoms with E-state index in [4.69, 9.17) is 13.9 Å². The largest absolute Gasteiger partial charge is 0.465 e. The van der Waals surface area contributed by atoms with Crippen molar-refractivity contribution in [1.29, 1.82) is 0 Å². The van der Waals surface area contributed by atoms with E-state index in [2.05, 4.69) is 49.8 Å². The molecule has 0 unspecified atom stereocenters. The van der Waals surface area contributed by atoms with Gasteiger partial charge in [0.1, 0.15) is 17.3 Å². The Balaban J connectivity index is 2.23. The number of methoxy groups -OCH3 is 1. The molecule has 2 aromatic rings. The van der Waals surface area contributed by atoms with Crippen molar-refractivity contribution < 1.29 is 23.1 Å². The number of benzene rings is 2. The first-order chi connectivity index (χ1) is 12.9. The fourth-order valence-corrected chi connectivity index (χ4v) is 3.48. The van der Waals surface area contributed by atoms with Crippen LogP contribution < -0.4 is 4.74 Å². The maximum Gasteiger partial charge on any atom is 0.337 e. The van der Waals surface area contributed by atoms with Crippen molar-refractivity contribution in [1.82, 2.24) is 0 Å². The molecule has 0 N–H and O–H groups in total. The van der Waals surface area contributed by atoms with Crippen LogP contribution in [-0.4, -0.2) is 21.4 Å². The Bertz CT molecular complexity index is 862. The van der Waals surface area contributed by atoms with Gasteiger partial charge >= 0.3 is 5.97 Å². The topological polar surface area (TPSA) is 44.8 Å². The first-order valence-electron chi connectivity index (χ1n) is 8.92. The van der Waals surface area contributed by atoms with Crippen LogP contribution in [0.1, 0.15) is 36.7 Å². The molecule has 2 rings (SSSR count). The van der Waals surface area contributed by atoms with Crippen LogP contribution in [0.3, 0.4) is 0 Å². The van der Waals surface area contributed by atoms with Crippen molar-refractivity contribution >= 4 is 30.2 Å². The van der Waals surface area contributed by atoms with E-state index in [1.807, 2.05) is 0 Å². The van der Waals surface area contributed by atoms with Crippen molar-refractivity contribution in [3.63, 3.8) is 0 Å². The predicted molar refractivity (Wildman–Crippen MR) is 114 cm³/mol. The molecule has 0 heterocycles. The van der Waals surface area contributed by atoms with Crippen molar-refractivity contribution in [3.8, 4) is 11.5 Å². The Labute approximate surface area is 175 Å². The smallest absolute Gasteiger partial charge is 0.337 e. The summed E-state index contributed by atoms with van der Waals surface area (Å²) < 4.78 is 31.5. The van der Waals surface area contributed by atoms with Gasteiger partial charge in [0.25, 0.3) is 0 Å². The van der Waals surface area contributed by atoms with E-state index < -0.39 is 20.1 Å². The minimum absolute atomic E-state index is 0.0683. The zero-order valence-corrected chi connectivity index (χ0v) is 19.6. The highest BCUT2D eigenvalue weighted by Gasteiger charge is 2.37. The van der Waals surface area contributed by atoms with Crippen LogP contribution >= 0.6 is 15.9 Å². The van der Waals surface area contributed by atoms with Gasteiger partial charge in [-0.05, 0) is 70.0 Å². The molecule has 0 saturated carbocycles. The van der Waals surface area contributed by atoms with Gasteiger partial charge in [0.2, 0.25) is 0 Å². The predicted octanol–water partition coefficient (Wildman–Crippen LogP) is 6.69. The summed E-state index contributed by atoms with van der Waals surface area (Å²) in [4.78, 5) is 11.7. The lowest BCUT2D eigenvalue weighted by atomic mass is 10.2. The highest BCUT2D eigenvalue weighted by atomic mass is 79.9. The second-order valence-corrected chi connectivity index (χ2v) is 13.7. The maximum atomic E-state index is 14.1. The molecule has 0 atom stereocenters. The highest BCUT2D eigenvalue weighted by molar-refractivity contribution is 9.10. The van der Waals surface area contributed by atoms with Crippen molar-refractivity contribution in [2.24, 2.45) is 0 Å². The highest BCUT2D eigenvalue weighted by Crippen LogP contribution is 2.37. The molecule has 0 spiro atoms. The first kappa shape index (κ1) is 22.6. The lowest BCUT2D eigenvalue weighted by Gasteiger charge is -2.36. The van der Waals surface area contributed by atoms with E-state index in [1.54, 1.807) is 24.3 Å². The van der Waals surface area contributed by atoms with Crippen molar-refractivity contribution in [2.75, 3.05) is 7.11 Å². The normalized spacial score (nSPS) is 12.0. The molecule has 7 heteroatoms. The summed E-state index contributed by atoms with van der Waals surface area (Å²) in [6, 6.07) is 9.34. The summed E-state index contributed by atoms with van der Waals surface area (Å²) >= 11 is 3.38. The summed E-state index contributed by atoms with van der Waals surface area (Å²) in [6.45, 7) is 11.1. The van der Waals surface area contributed by atoms with Crippen LogP contribution in [0, 0.1) is 5.82 Å². The molecule has 4 nitrogen and oxygen atoms in total. The molecule has 0 radical (unpaired) electrons. The lowest BCUT2D eigenvalue weighted by Crippen LogP contribution is -2.40. The molecule has 0 bridgehead atoms. The number of esters is 1. The van der Waals surface area contributed by atoms with Gasteiger partial charge in [-0.3, -0.25) is 0 Å². The number of ether oxygens (including phenoxy) is 2. The van der Waals surface area contributed by atoms with E-state index in [1.165, 1.54) is 19.2 Å². The third kappa shape index (κ3) is 5.65. The average molecular weight is 469 g/mol. The molecule has 0 aliphatic heterocycles. The van der Waals surface area contributed by atoms with E-state index in [0.29, 0.717) is 33.7 Å². The molecule has 2 aromatic carbocycles. The number of carbonyl (C=O) groups is 1. The maximum absolute atomic E-state index is 14.1. The molecule has 0 fully saturated rings. The third-order valence-corrected chi connectivity index (χ3v) is 10.1. The number of carbonyl (C=O) groups excluding carboxylic acids is 1. The van der Waals surface area contributed by atoms with Gasteiger partial charge in [0, 0.05) is 6.07 Å². The van der Waals surface area contributed by atoms with Crippen LogP contribution in [-0.2, 0) is 15.8 Å². The van der Waals surface area contributed by atoms with Gasteiger partial charge in [0.15, 0.2) is 8.32 Å². The Morgan fingerprint density at radius 3 is 2.43 bits per heavy atom. The van der Waals surface area contributed by atoms with Crippen LogP contribution in [0.5, 0.6) is 11.5 Å². The van der Waals surface area contributed by atoms with Gasteiger partial charge in [-0.15, -0.1) is 0 Å². The van der Waals surface area contributed by atoms with E-state index in [0.717, 1.165) is 0 Å². The Morgan fingerprint density at radius 2 is 1.82 bits per heavy atom. The second-order valence-electron chi connectivity index (χ2n) is 8.08. The summed E-state index contributed by atoms with van der Waals surface area (Å²) in [5.41, 5.74) is 1.04. The molecule has 152 valence electrons. The minimum Gasteiger partial charge on any atom is -0.465 e. The number of halogens is 2. The van der Waals surface area contributed by atoms with Crippen molar-refractivity contribution in [2.45, 2.75) is 45.5 Å². The summed E-state index contributed by atoms with van der Waals surface area (Å²) in [7, 11) is -0.640. The molecule has 0 aromatic heterocycles. The molecule has 0 aliphatic rings. The van der Waals surface area contributed by atoms with Gasteiger partial charge in [-0.25, -0.2) is 9.18 Å². The third-order valence-electron chi connectivity index (χ3n) is 4.92. The van der Waals surface area contributed by atoms with Gasteiger partial charge in [-0.1, -0.05) is 20.8 Å². The lowest BCUT2D eigenvalue weighted by molar-refractivity contribution is 0.0600. The minimum atomic E-state index is -1.95. The van der Waals surface area contributed by atoms with Gasteiger partial charge < -0.3 is 13.9 Å². The molecule has 0 saturated heterocycles. The second kappa shape index (κ2) is 8.76. The molecular formula is C21H26BrFO4Si. The van der Waals surface area contributed by atoms with Crippen LogP contribution in [0.2, 0.25) is 18.1 Å². The number of hydrogen-bond acceptors (Lipinski definition) is 4. The Morgan fingerprint density at radius 1 is 1.14 bits per heavy atom. The van der Waals surface area contributed by atoms with E-state index in [-0.39, 0.29) is 5.04 Å². The zero-order valence-electron chi connectivity index (χ0n) is 17.1. The first-order valence-corrected chi connectivity index (χ1v) is 12.6. The van der Waals surface area contributed by atoms with Gasteiger partial charge in [-0.2, -0.15) is 0 Å². The monoisotopic (exact) mass is 468 g/mol. The van der Waals surface area contributed by atoms with Crippen LogP contribution in [0.4, 0.5) is 4.39 Å². The van der Waals surface area contributed by atoms with Crippen LogP contribution in [0.15, 0.2) is 40.9 Å². The molecule has 0 amide bonds. The summed E-state index contributed by atoms with van der Waals surface area (Å²) in [5.74, 6) is -0.159. The Kier molecular flexibility index (Phi) is 7.06. The van der Waals surface area contributed by atoms with Crippen LogP contribution in [0.25, 0.3) is 0 Å². The fourth-order valence-electron chi connectivity index (χ4n) is 2.20. The standard InChI is InChI=1S/C21H26BrFO4Si/c1-21(2,3)28(5,6)26-13-14-9-16(23)12-17(10-14)27-19-11-15(20(24)25-4)7-8-18(19)22/h7-12H,13H2,1-6H3. The van der Waals surface area contributed by atoms with E-state index in [9.17, 15) is 9.18 Å². The SMILES string of the molecule is COC(=O)c1ccc(Br)c(Oc2cc(F)cc(CO[Si](C)(C)C(C)(C)C)c2)c1. The quantitative estimate of drug-likeness (QED) is 0.349. The molecule has 28 heavy (non-hydrogen) atoms. The van der Waals surface area contributed by atoms with Crippen molar-refractivity contribution in [3.05, 3.63) is 57.8 Å². The molecular weight excluding hydrogens is 443 g/mol. The summed E-state index contributed by atoms with van der Waals surface area (Å²) in [6.07, 6.45) is 0. The zero-order chi connectivity index (χ0) is 21.1. The average Bonchev–Trinajstić information content (AvgIpc) is 2.60. The number of hydrogen-bond donors (Lipinski definition) is 0. The Hall–Kier alpha value is -1.70. The fraction of sp³-hybridized carbons (Fsp3) is 0.381. The molecule has 0 aliphatic carbocycles. The number of rotatable bonds is 6.